The van der Waals surface area contributed by atoms with E-state index < -0.39 is 6.29 Å². The number of fused-ring (bicyclic) bond motifs is 1. The highest BCUT2D eigenvalue weighted by Crippen LogP contribution is 2.42. The number of carbonyl (C=O) groups is 1. The molecule has 0 aliphatic carbocycles. The van der Waals surface area contributed by atoms with Gasteiger partial charge in [-0.1, -0.05) is 91.9 Å². The largest absolute Gasteiger partial charge is 0.392 e. The maximum atomic E-state index is 12.0. The van der Waals surface area contributed by atoms with Crippen molar-refractivity contribution in [2.75, 3.05) is 6.54 Å². The van der Waals surface area contributed by atoms with Gasteiger partial charge in [0.1, 0.15) is 0 Å². The van der Waals surface area contributed by atoms with E-state index in [4.69, 9.17) is 9.47 Å². The van der Waals surface area contributed by atoms with Crippen molar-refractivity contribution in [3.8, 4) is 11.1 Å². The number of aliphatic hydroxyl groups excluding tert-OH is 1. The molecule has 0 saturated carbocycles. The molecular formula is C36H38N4O4. The minimum atomic E-state index is -0.572. The molecule has 5 aromatic rings. The molecule has 1 aliphatic heterocycles. The van der Waals surface area contributed by atoms with Crippen LogP contribution in [0.4, 0.5) is 4.79 Å². The Labute approximate surface area is 257 Å². The SMILES string of the molecule is CCNC(=O)NCc1ccccc1-c1ccc([C@@H]2O[C@H](Cn3cnc4ccccc43)[C@H](C)[C@H](c3ccc(CO)cc3)O2)cc1. The molecule has 0 radical (unpaired) electrons. The third-order valence-corrected chi connectivity index (χ3v) is 8.32. The Balaban J connectivity index is 1.27. The standard InChI is InChI=1S/C36H38N4O4/c1-3-37-36(42)38-20-29-8-4-5-9-30(29)26-16-18-28(19-17-26)35-43-33(21-40-23-39-31-10-6-7-11-32(31)40)24(2)34(44-35)27-14-12-25(22-41)13-15-27/h4-19,23-24,33-35,41H,3,20-22H2,1-2H3,(H2,37,38,42)/t24-,33+,34+,35+/m0/s1. The van der Waals surface area contributed by atoms with E-state index in [1.807, 2.05) is 73.9 Å². The lowest BCUT2D eigenvalue weighted by Crippen LogP contribution is -2.39. The number of urea groups is 1. The van der Waals surface area contributed by atoms with E-state index in [0.717, 1.165) is 44.4 Å². The number of imidazole rings is 1. The average Bonchev–Trinajstić information content (AvgIpc) is 3.48. The Morgan fingerprint density at radius 1 is 0.886 bits per heavy atom. The molecule has 0 bridgehead atoms. The number of aliphatic hydroxyl groups is 1. The van der Waals surface area contributed by atoms with Crippen LogP contribution in [0, 0.1) is 5.92 Å². The summed E-state index contributed by atoms with van der Waals surface area (Å²) in [6.07, 6.45) is 0.956. The molecule has 226 valence electrons. The van der Waals surface area contributed by atoms with Crippen molar-refractivity contribution < 1.29 is 19.4 Å². The number of carbonyl (C=O) groups excluding carboxylic acids is 1. The van der Waals surface area contributed by atoms with Crippen LogP contribution < -0.4 is 10.6 Å². The lowest BCUT2D eigenvalue weighted by Gasteiger charge is -2.41. The second kappa shape index (κ2) is 13.4. The minimum Gasteiger partial charge on any atom is -0.392 e. The van der Waals surface area contributed by atoms with Gasteiger partial charge in [-0.2, -0.15) is 0 Å². The van der Waals surface area contributed by atoms with E-state index in [1.54, 1.807) is 0 Å². The summed E-state index contributed by atoms with van der Waals surface area (Å²) in [6.45, 7) is 5.70. The molecule has 4 atom stereocenters. The van der Waals surface area contributed by atoms with Gasteiger partial charge < -0.3 is 29.8 Å². The molecule has 0 unspecified atom stereocenters. The molecule has 1 aliphatic rings. The molecule has 1 fully saturated rings. The van der Waals surface area contributed by atoms with Crippen molar-refractivity contribution in [3.63, 3.8) is 0 Å². The lowest BCUT2D eigenvalue weighted by atomic mass is 9.90. The number of nitrogens with zero attached hydrogens (tertiary/aromatic N) is 2. The number of rotatable bonds is 9. The number of hydrogen-bond acceptors (Lipinski definition) is 5. The zero-order valence-electron chi connectivity index (χ0n) is 25.0. The summed E-state index contributed by atoms with van der Waals surface area (Å²) in [5, 5.41) is 15.3. The summed E-state index contributed by atoms with van der Waals surface area (Å²) in [7, 11) is 0. The van der Waals surface area contributed by atoms with E-state index in [9.17, 15) is 9.90 Å². The number of hydrogen-bond donors (Lipinski definition) is 3. The van der Waals surface area contributed by atoms with Crippen molar-refractivity contribution in [1.82, 2.24) is 20.2 Å². The van der Waals surface area contributed by atoms with Gasteiger partial charge in [0.05, 0.1) is 42.7 Å². The monoisotopic (exact) mass is 590 g/mol. The smallest absolute Gasteiger partial charge is 0.315 e. The fraction of sp³-hybridized carbons (Fsp3) is 0.278. The molecular weight excluding hydrogens is 552 g/mol. The van der Waals surface area contributed by atoms with Crippen LogP contribution in [-0.4, -0.2) is 33.3 Å². The van der Waals surface area contributed by atoms with Crippen LogP contribution >= 0.6 is 0 Å². The molecule has 0 spiro atoms. The molecule has 3 N–H and O–H groups in total. The van der Waals surface area contributed by atoms with Gasteiger partial charge in [0.15, 0.2) is 6.29 Å². The Hall–Kier alpha value is -4.50. The third-order valence-electron chi connectivity index (χ3n) is 8.32. The summed E-state index contributed by atoms with van der Waals surface area (Å²) >= 11 is 0. The van der Waals surface area contributed by atoms with Crippen LogP contribution in [0.15, 0.2) is 103 Å². The summed E-state index contributed by atoms with van der Waals surface area (Å²) in [5.74, 6) is 0.0518. The van der Waals surface area contributed by atoms with Crippen molar-refractivity contribution >= 4 is 17.1 Å². The summed E-state index contributed by atoms with van der Waals surface area (Å²) < 4.78 is 15.5. The Morgan fingerprint density at radius 3 is 2.39 bits per heavy atom. The van der Waals surface area contributed by atoms with Crippen LogP contribution in [0.5, 0.6) is 0 Å². The number of para-hydroxylation sites is 2. The topological polar surface area (TPSA) is 97.6 Å². The fourth-order valence-corrected chi connectivity index (χ4v) is 5.85. The first-order valence-electron chi connectivity index (χ1n) is 15.1. The van der Waals surface area contributed by atoms with Crippen molar-refractivity contribution in [1.29, 1.82) is 0 Å². The Kier molecular flexibility index (Phi) is 9.02. The second-order valence-corrected chi connectivity index (χ2v) is 11.2. The second-order valence-electron chi connectivity index (χ2n) is 11.2. The highest BCUT2D eigenvalue weighted by Gasteiger charge is 2.38. The van der Waals surface area contributed by atoms with Gasteiger partial charge in [-0.25, -0.2) is 9.78 Å². The van der Waals surface area contributed by atoms with E-state index >= 15 is 0 Å². The number of ether oxygens (including phenoxy) is 2. The first-order valence-corrected chi connectivity index (χ1v) is 15.1. The maximum absolute atomic E-state index is 12.0. The summed E-state index contributed by atoms with van der Waals surface area (Å²) in [5.41, 5.74) is 8.00. The number of benzene rings is 4. The van der Waals surface area contributed by atoms with E-state index in [2.05, 4.69) is 63.5 Å². The number of nitrogens with one attached hydrogen (secondary N) is 2. The summed E-state index contributed by atoms with van der Waals surface area (Å²) in [6, 6.07) is 32.2. The fourth-order valence-electron chi connectivity index (χ4n) is 5.85. The first-order chi connectivity index (χ1) is 21.5. The van der Waals surface area contributed by atoms with Gasteiger partial charge in [0.25, 0.3) is 0 Å². The van der Waals surface area contributed by atoms with Gasteiger partial charge in [-0.3, -0.25) is 0 Å². The molecule has 44 heavy (non-hydrogen) atoms. The molecule has 2 heterocycles. The Morgan fingerprint density at radius 2 is 1.61 bits per heavy atom. The molecule has 1 aromatic heterocycles. The van der Waals surface area contributed by atoms with Crippen LogP contribution in [0.1, 0.15) is 48.5 Å². The van der Waals surface area contributed by atoms with E-state index in [1.165, 1.54) is 0 Å². The molecule has 6 rings (SSSR count). The van der Waals surface area contributed by atoms with Gasteiger partial charge in [-0.15, -0.1) is 0 Å². The lowest BCUT2D eigenvalue weighted by molar-refractivity contribution is -0.276. The van der Waals surface area contributed by atoms with E-state index in [-0.39, 0.29) is 30.8 Å². The van der Waals surface area contributed by atoms with Crippen molar-refractivity contribution in [3.05, 3.63) is 126 Å². The zero-order chi connectivity index (χ0) is 30.5. The quantitative estimate of drug-likeness (QED) is 0.182. The Bertz CT molecular complexity index is 1700. The molecule has 2 amide bonds. The number of amides is 2. The van der Waals surface area contributed by atoms with Crippen LogP contribution in [0.2, 0.25) is 0 Å². The number of aromatic nitrogens is 2. The highest BCUT2D eigenvalue weighted by atomic mass is 16.7. The third kappa shape index (κ3) is 6.38. The predicted molar refractivity (Wildman–Crippen MR) is 170 cm³/mol. The van der Waals surface area contributed by atoms with Crippen LogP contribution in [0.3, 0.4) is 0 Å². The van der Waals surface area contributed by atoms with Gasteiger partial charge >= 0.3 is 6.03 Å². The van der Waals surface area contributed by atoms with Crippen LogP contribution in [0.25, 0.3) is 22.2 Å². The molecule has 4 aromatic carbocycles. The van der Waals surface area contributed by atoms with Gasteiger partial charge in [0.2, 0.25) is 0 Å². The van der Waals surface area contributed by atoms with E-state index in [0.29, 0.717) is 19.6 Å². The minimum absolute atomic E-state index is 0.000891. The van der Waals surface area contributed by atoms with Gasteiger partial charge in [0, 0.05) is 24.6 Å². The normalized spacial score (nSPS) is 20.0. The first kappa shape index (κ1) is 29.6. The molecule has 8 heteroatoms. The van der Waals surface area contributed by atoms with Gasteiger partial charge in [-0.05, 0) is 46.9 Å². The predicted octanol–water partition coefficient (Wildman–Crippen LogP) is 6.51. The van der Waals surface area contributed by atoms with Crippen molar-refractivity contribution in [2.45, 2.75) is 52.0 Å². The zero-order valence-corrected chi connectivity index (χ0v) is 25.0. The maximum Gasteiger partial charge on any atom is 0.315 e. The molecule has 1 saturated heterocycles. The van der Waals surface area contributed by atoms with Crippen LogP contribution in [-0.2, 0) is 29.2 Å². The highest BCUT2D eigenvalue weighted by molar-refractivity contribution is 5.75. The summed E-state index contributed by atoms with van der Waals surface area (Å²) in [4.78, 5) is 16.6. The van der Waals surface area contributed by atoms with Crippen molar-refractivity contribution in [2.24, 2.45) is 5.92 Å². The average molecular weight is 591 g/mol. The molecule has 8 nitrogen and oxygen atoms in total.